The fraction of sp³-hybridized carbons (Fsp3) is 0.182. The highest BCUT2D eigenvalue weighted by Crippen LogP contribution is 2.31. The molecule has 0 aliphatic heterocycles. The number of rotatable bonds is 2. The number of nitrogens with two attached hydrogens (primary N) is 1. The van der Waals surface area contributed by atoms with Gasteiger partial charge in [-0.1, -0.05) is 12.1 Å². The van der Waals surface area contributed by atoms with Gasteiger partial charge in [0.15, 0.2) is 0 Å². The van der Waals surface area contributed by atoms with Gasteiger partial charge >= 0.3 is 5.97 Å². The van der Waals surface area contributed by atoms with E-state index in [0.29, 0.717) is 5.75 Å². The Hall–Kier alpha value is -1.10. The Morgan fingerprint density at radius 1 is 1.44 bits per heavy atom. The van der Waals surface area contributed by atoms with Gasteiger partial charge in [-0.25, -0.2) is 4.79 Å². The van der Waals surface area contributed by atoms with Crippen LogP contribution in [0.15, 0.2) is 29.6 Å². The molecular weight excluding hydrogens is 246 g/mol. The van der Waals surface area contributed by atoms with Crippen LogP contribution in [0.25, 0.3) is 10.1 Å². The summed E-state index contributed by atoms with van der Waals surface area (Å²) in [5, 5.41) is 2.78. The molecule has 0 fully saturated rings. The van der Waals surface area contributed by atoms with Gasteiger partial charge in [0.25, 0.3) is 0 Å². The number of benzene rings is 1. The van der Waals surface area contributed by atoms with Gasteiger partial charge < -0.3 is 10.5 Å². The van der Waals surface area contributed by atoms with Crippen LogP contribution < -0.4 is 10.5 Å². The predicted octanol–water partition coefficient (Wildman–Crippen LogP) is 2.58. The quantitative estimate of drug-likeness (QED) is 0.842. The van der Waals surface area contributed by atoms with Crippen molar-refractivity contribution < 1.29 is 9.53 Å². The Kier molecular flexibility index (Phi) is 4.29. The van der Waals surface area contributed by atoms with Crippen molar-refractivity contribution in [3.8, 4) is 5.75 Å². The highest BCUT2D eigenvalue weighted by molar-refractivity contribution is 7.17. The van der Waals surface area contributed by atoms with Crippen LogP contribution in [0.2, 0.25) is 0 Å². The smallest absolute Gasteiger partial charge is 0.328 e. The molecule has 0 bridgehead atoms. The van der Waals surface area contributed by atoms with E-state index in [4.69, 9.17) is 10.5 Å². The van der Waals surface area contributed by atoms with Crippen molar-refractivity contribution in [2.75, 3.05) is 0 Å². The second kappa shape index (κ2) is 5.30. The summed E-state index contributed by atoms with van der Waals surface area (Å²) in [5.74, 6) is 0.191. The number of halogens is 1. The van der Waals surface area contributed by atoms with E-state index in [0.717, 1.165) is 10.1 Å². The number of hydrogen-bond acceptors (Lipinski definition) is 4. The van der Waals surface area contributed by atoms with E-state index in [1.54, 1.807) is 18.3 Å². The molecule has 1 atom stereocenters. The predicted molar refractivity (Wildman–Crippen MR) is 68.4 cm³/mol. The summed E-state index contributed by atoms with van der Waals surface area (Å²) < 4.78 is 6.28. The first kappa shape index (κ1) is 13.0. The number of esters is 1. The van der Waals surface area contributed by atoms with Crippen LogP contribution in [0, 0.1) is 0 Å². The summed E-state index contributed by atoms with van der Waals surface area (Å²) in [4.78, 5) is 11.3. The third-order valence-electron chi connectivity index (χ3n) is 2.03. The maximum Gasteiger partial charge on any atom is 0.328 e. The maximum absolute atomic E-state index is 11.3. The summed E-state index contributed by atoms with van der Waals surface area (Å²) in [7, 11) is 0. The first-order valence-electron chi connectivity index (χ1n) is 4.62. The zero-order valence-corrected chi connectivity index (χ0v) is 10.3. The van der Waals surface area contributed by atoms with Gasteiger partial charge in [0.1, 0.15) is 11.8 Å². The lowest BCUT2D eigenvalue weighted by Gasteiger charge is -2.04. The van der Waals surface area contributed by atoms with Crippen LogP contribution >= 0.6 is 23.7 Å². The molecule has 0 saturated carbocycles. The Morgan fingerprint density at radius 3 is 2.81 bits per heavy atom. The Bertz CT molecular complexity index is 495. The number of thiophene rings is 1. The molecule has 1 aromatic carbocycles. The van der Waals surface area contributed by atoms with Gasteiger partial charge in [-0.05, 0) is 19.1 Å². The molecule has 2 N–H and O–H groups in total. The molecule has 0 radical (unpaired) electrons. The third kappa shape index (κ3) is 2.52. The SMILES string of the molecule is C[C@H](N)C(=O)Oc1csc2ccccc12.Cl. The summed E-state index contributed by atoms with van der Waals surface area (Å²) in [5.41, 5.74) is 5.43. The van der Waals surface area contributed by atoms with Gasteiger partial charge in [-0.2, -0.15) is 0 Å². The molecule has 3 nitrogen and oxygen atoms in total. The highest BCUT2D eigenvalue weighted by Gasteiger charge is 2.12. The number of hydrogen-bond donors (Lipinski definition) is 1. The van der Waals surface area contributed by atoms with E-state index in [-0.39, 0.29) is 12.4 Å². The fourth-order valence-corrected chi connectivity index (χ4v) is 2.10. The molecule has 86 valence electrons. The lowest BCUT2D eigenvalue weighted by atomic mass is 10.2. The molecule has 0 aliphatic rings. The normalized spacial score (nSPS) is 11.9. The Morgan fingerprint density at radius 2 is 2.12 bits per heavy atom. The van der Waals surface area contributed by atoms with Gasteiger partial charge in [0.05, 0.1) is 0 Å². The van der Waals surface area contributed by atoms with Crippen molar-refractivity contribution in [3.63, 3.8) is 0 Å². The fourth-order valence-electron chi connectivity index (χ4n) is 1.23. The topological polar surface area (TPSA) is 52.3 Å². The summed E-state index contributed by atoms with van der Waals surface area (Å²) >= 11 is 1.55. The van der Waals surface area contributed by atoms with Crippen molar-refractivity contribution in [2.45, 2.75) is 13.0 Å². The van der Waals surface area contributed by atoms with Gasteiger partial charge in [0, 0.05) is 15.5 Å². The molecule has 5 heteroatoms. The summed E-state index contributed by atoms with van der Waals surface area (Å²) in [6.07, 6.45) is 0. The van der Waals surface area contributed by atoms with E-state index >= 15 is 0 Å². The minimum atomic E-state index is -0.594. The highest BCUT2D eigenvalue weighted by atomic mass is 35.5. The first-order valence-corrected chi connectivity index (χ1v) is 5.50. The maximum atomic E-state index is 11.3. The average molecular weight is 258 g/mol. The van der Waals surface area contributed by atoms with E-state index in [1.807, 2.05) is 29.6 Å². The van der Waals surface area contributed by atoms with Crippen LogP contribution in [0.1, 0.15) is 6.92 Å². The van der Waals surface area contributed by atoms with Crippen LogP contribution in [0.4, 0.5) is 0 Å². The van der Waals surface area contributed by atoms with E-state index < -0.39 is 12.0 Å². The molecule has 2 aromatic rings. The molecule has 16 heavy (non-hydrogen) atoms. The standard InChI is InChI=1S/C11H11NO2S.ClH/c1-7(12)11(13)14-9-6-15-10-5-3-2-4-8(9)10;/h2-7H,12H2,1H3;1H/t7-;/m0./s1. The van der Waals surface area contributed by atoms with E-state index in [9.17, 15) is 4.79 Å². The summed E-state index contributed by atoms with van der Waals surface area (Å²) in [6, 6.07) is 7.19. The van der Waals surface area contributed by atoms with Crippen molar-refractivity contribution in [3.05, 3.63) is 29.6 Å². The molecule has 1 heterocycles. The van der Waals surface area contributed by atoms with Crippen LogP contribution in [-0.2, 0) is 4.79 Å². The van der Waals surface area contributed by atoms with Crippen molar-refractivity contribution >= 4 is 39.8 Å². The number of ether oxygens (including phenoxy) is 1. The molecule has 0 saturated heterocycles. The molecule has 0 aliphatic carbocycles. The second-order valence-corrected chi connectivity index (χ2v) is 4.22. The Balaban J connectivity index is 0.00000128. The van der Waals surface area contributed by atoms with Crippen LogP contribution in [0.5, 0.6) is 5.75 Å². The zero-order valence-electron chi connectivity index (χ0n) is 8.67. The zero-order chi connectivity index (χ0) is 10.8. The summed E-state index contributed by atoms with van der Waals surface area (Å²) in [6.45, 7) is 1.61. The number of fused-ring (bicyclic) bond motifs is 1. The number of carbonyl (C=O) groups excluding carboxylic acids is 1. The van der Waals surface area contributed by atoms with Crippen LogP contribution in [0.3, 0.4) is 0 Å². The molecule has 1 aromatic heterocycles. The lowest BCUT2D eigenvalue weighted by molar-refractivity contribution is -0.135. The molecule has 0 amide bonds. The first-order chi connectivity index (χ1) is 7.18. The molecular formula is C11H12ClNO2S. The van der Waals surface area contributed by atoms with Crippen LogP contribution in [-0.4, -0.2) is 12.0 Å². The molecule has 0 spiro atoms. The van der Waals surface area contributed by atoms with Gasteiger partial charge in [-0.15, -0.1) is 23.7 Å². The van der Waals surface area contributed by atoms with Gasteiger partial charge in [0.2, 0.25) is 0 Å². The second-order valence-electron chi connectivity index (χ2n) is 3.31. The van der Waals surface area contributed by atoms with E-state index in [1.165, 1.54) is 0 Å². The molecule has 2 rings (SSSR count). The average Bonchev–Trinajstić information content (AvgIpc) is 2.62. The largest absolute Gasteiger partial charge is 0.424 e. The minimum absolute atomic E-state index is 0. The van der Waals surface area contributed by atoms with Gasteiger partial charge in [-0.3, -0.25) is 0 Å². The monoisotopic (exact) mass is 257 g/mol. The third-order valence-corrected chi connectivity index (χ3v) is 2.97. The molecule has 0 unspecified atom stereocenters. The number of carbonyl (C=O) groups is 1. The van der Waals surface area contributed by atoms with Crippen molar-refractivity contribution in [2.24, 2.45) is 5.73 Å². The van der Waals surface area contributed by atoms with Crippen molar-refractivity contribution in [1.82, 2.24) is 0 Å². The Labute approximate surface area is 104 Å². The minimum Gasteiger partial charge on any atom is -0.424 e. The van der Waals surface area contributed by atoms with Crippen molar-refractivity contribution in [1.29, 1.82) is 0 Å². The van der Waals surface area contributed by atoms with E-state index in [2.05, 4.69) is 0 Å². The lowest BCUT2D eigenvalue weighted by Crippen LogP contribution is -2.30.